The van der Waals surface area contributed by atoms with E-state index in [1.807, 2.05) is 56.3 Å². The summed E-state index contributed by atoms with van der Waals surface area (Å²) in [6, 6.07) is 9.65. The number of rotatable bonds is 6. The normalized spacial score (nSPS) is 11.1. The van der Waals surface area contributed by atoms with E-state index in [-0.39, 0.29) is 11.5 Å². The highest BCUT2D eigenvalue weighted by Crippen LogP contribution is 2.13. The maximum Gasteiger partial charge on any atom is 0.253 e. The second-order valence-corrected chi connectivity index (χ2v) is 5.75. The lowest BCUT2D eigenvalue weighted by molar-refractivity contribution is -0.121. The third-order valence-corrected chi connectivity index (χ3v) is 3.63. The molecule has 1 amide bonds. The van der Waals surface area contributed by atoms with Crippen LogP contribution in [0.4, 0.5) is 0 Å². The van der Waals surface area contributed by atoms with Gasteiger partial charge in [0.2, 0.25) is 5.91 Å². The van der Waals surface area contributed by atoms with Gasteiger partial charge in [0, 0.05) is 31.6 Å². The predicted molar refractivity (Wildman–Crippen MR) is 89.1 cm³/mol. The number of carbonyl (C=O) groups is 1. The highest BCUT2D eigenvalue weighted by molar-refractivity contribution is 5.80. The molecule has 0 aliphatic carbocycles. The fourth-order valence-corrected chi connectivity index (χ4v) is 2.42. The number of carbonyl (C=O) groups excluding carboxylic acids is 1. The van der Waals surface area contributed by atoms with E-state index in [9.17, 15) is 9.59 Å². The molecule has 2 rings (SSSR count). The number of pyridine rings is 1. The molecule has 0 unspecified atom stereocenters. The summed E-state index contributed by atoms with van der Waals surface area (Å²) < 4.78 is 1.69. The van der Waals surface area contributed by atoms with Crippen LogP contribution < -0.4 is 10.9 Å². The van der Waals surface area contributed by atoms with Crippen molar-refractivity contribution in [3.63, 3.8) is 0 Å². The molecule has 0 saturated carbocycles. The van der Waals surface area contributed by atoms with Crippen molar-refractivity contribution in [3.05, 3.63) is 46.2 Å². The molecule has 0 aliphatic heterocycles. The molecule has 2 aromatic rings. The number of hydrogen-bond donors (Lipinski definition) is 1. The van der Waals surface area contributed by atoms with Crippen molar-refractivity contribution in [2.24, 2.45) is 0 Å². The van der Waals surface area contributed by atoms with Gasteiger partial charge in [-0.05, 0) is 38.5 Å². The Labute approximate surface area is 130 Å². The first-order valence-electron chi connectivity index (χ1n) is 7.49. The fraction of sp³-hybridized carbons (Fsp3) is 0.412. The number of aryl methyl sites for hydroxylation is 2. The monoisotopic (exact) mass is 301 g/mol. The maximum atomic E-state index is 12.3. The standard InChI is InChI=1S/C17H23N3O2/c1-13-12-14-6-4-5-7-15(14)20(17(13)22)10-8-16(21)18-9-11-19(2)3/h4-7,12H,8-11H2,1-3H3,(H,18,21). The summed E-state index contributed by atoms with van der Waals surface area (Å²) in [4.78, 5) is 26.2. The summed E-state index contributed by atoms with van der Waals surface area (Å²) in [5, 5.41) is 3.89. The van der Waals surface area contributed by atoms with E-state index in [1.54, 1.807) is 4.57 Å². The fourth-order valence-electron chi connectivity index (χ4n) is 2.42. The molecule has 0 atom stereocenters. The van der Waals surface area contributed by atoms with Gasteiger partial charge in [0.15, 0.2) is 0 Å². The van der Waals surface area contributed by atoms with Crippen LogP contribution in [0.2, 0.25) is 0 Å². The molecule has 1 aromatic carbocycles. The number of hydrogen-bond acceptors (Lipinski definition) is 3. The van der Waals surface area contributed by atoms with Gasteiger partial charge in [-0.2, -0.15) is 0 Å². The van der Waals surface area contributed by atoms with Gasteiger partial charge in [-0.1, -0.05) is 18.2 Å². The summed E-state index contributed by atoms with van der Waals surface area (Å²) in [7, 11) is 3.93. The molecule has 1 heterocycles. The van der Waals surface area contributed by atoms with E-state index in [2.05, 4.69) is 5.32 Å². The highest BCUT2D eigenvalue weighted by atomic mass is 16.1. The molecule has 1 aromatic heterocycles. The van der Waals surface area contributed by atoms with Gasteiger partial charge in [-0.25, -0.2) is 0 Å². The summed E-state index contributed by atoms with van der Waals surface area (Å²) in [6.07, 6.45) is 0.306. The van der Waals surface area contributed by atoms with Gasteiger partial charge >= 0.3 is 0 Å². The highest BCUT2D eigenvalue weighted by Gasteiger charge is 2.08. The Morgan fingerprint density at radius 1 is 1.27 bits per heavy atom. The number of nitrogens with one attached hydrogen (secondary N) is 1. The lowest BCUT2D eigenvalue weighted by Gasteiger charge is -2.13. The third kappa shape index (κ3) is 3.95. The smallest absolute Gasteiger partial charge is 0.253 e. The Kier molecular flexibility index (Phi) is 5.33. The van der Waals surface area contributed by atoms with Gasteiger partial charge < -0.3 is 14.8 Å². The van der Waals surface area contributed by atoms with E-state index < -0.39 is 0 Å². The second kappa shape index (κ2) is 7.22. The minimum absolute atomic E-state index is 0.0280. The number of nitrogens with zero attached hydrogens (tertiary/aromatic N) is 2. The Bertz CT molecular complexity index is 719. The van der Waals surface area contributed by atoms with E-state index in [4.69, 9.17) is 0 Å². The van der Waals surface area contributed by atoms with Crippen LogP contribution in [0.15, 0.2) is 35.1 Å². The van der Waals surface area contributed by atoms with Crippen molar-refractivity contribution in [1.82, 2.24) is 14.8 Å². The van der Waals surface area contributed by atoms with Crippen LogP contribution in [-0.2, 0) is 11.3 Å². The van der Waals surface area contributed by atoms with Crippen LogP contribution in [0.1, 0.15) is 12.0 Å². The number of aromatic nitrogens is 1. The van der Waals surface area contributed by atoms with Crippen molar-refractivity contribution < 1.29 is 4.79 Å². The van der Waals surface area contributed by atoms with Crippen LogP contribution in [0.3, 0.4) is 0 Å². The molecule has 0 bridgehead atoms. The average Bonchev–Trinajstić information content (AvgIpc) is 2.47. The predicted octanol–water partition coefficient (Wildman–Crippen LogP) is 1.38. The van der Waals surface area contributed by atoms with E-state index in [0.717, 1.165) is 17.4 Å². The lowest BCUT2D eigenvalue weighted by Crippen LogP contribution is -2.33. The third-order valence-electron chi connectivity index (χ3n) is 3.63. The number of likely N-dealkylation sites (N-methyl/N-ethyl adjacent to an activating group) is 1. The first-order chi connectivity index (χ1) is 10.5. The minimum atomic E-state index is -0.0284. The Balaban J connectivity index is 2.10. The van der Waals surface area contributed by atoms with Crippen LogP contribution in [-0.4, -0.2) is 42.6 Å². The van der Waals surface area contributed by atoms with E-state index >= 15 is 0 Å². The van der Waals surface area contributed by atoms with E-state index in [0.29, 0.717) is 25.1 Å². The molecule has 118 valence electrons. The molecule has 0 radical (unpaired) electrons. The molecular formula is C17H23N3O2. The lowest BCUT2D eigenvalue weighted by atomic mass is 10.1. The van der Waals surface area contributed by atoms with Crippen molar-refractivity contribution in [2.75, 3.05) is 27.2 Å². The van der Waals surface area contributed by atoms with Gasteiger partial charge in [-0.3, -0.25) is 9.59 Å². The summed E-state index contributed by atoms with van der Waals surface area (Å²) in [6.45, 7) is 3.63. The largest absolute Gasteiger partial charge is 0.355 e. The summed E-state index contributed by atoms with van der Waals surface area (Å²) in [5.74, 6) is -0.0284. The quantitative estimate of drug-likeness (QED) is 0.877. The van der Waals surface area contributed by atoms with Crippen molar-refractivity contribution in [1.29, 1.82) is 0 Å². The molecule has 22 heavy (non-hydrogen) atoms. The Hall–Kier alpha value is -2.14. The number of amides is 1. The van der Waals surface area contributed by atoms with Gasteiger partial charge in [-0.15, -0.1) is 0 Å². The van der Waals surface area contributed by atoms with Gasteiger partial charge in [0.1, 0.15) is 0 Å². The minimum Gasteiger partial charge on any atom is -0.355 e. The molecule has 0 aliphatic rings. The molecular weight excluding hydrogens is 278 g/mol. The van der Waals surface area contributed by atoms with Crippen LogP contribution in [0, 0.1) is 6.92 Å². The first-order valence-corrected chi connectivity index (χ1v) is 7.49. The topological polar surface area (TPSA) is 54.3 Å². The Morgan fingerprint density at radius 2 is 2.00 bits per heavy atom. The Morgan fingerprint density at radius 3 is 2.73 bits per heavy atom. The second-order valence-electron chi connectivity index (χ2n) is 5.75. The first kappa shape index (κ1) is 16.2. The van der Waals surface area contributed by atoms with E-state index in [1.165, 1.54) is 0 Å². The molecule has 5 nitrogen and oxygen atoms in total. The van der Waals surface area contributed by atoms with Crippen LogP contribution in [0.25, 0.3) is 10.9 Å². The summed E-state index contributed by atoms with van der Waals surface area (Å²) in [5.41, 5.74) is 1.55. The molecule has 0 fully saturated rings. The molecule has 5 heteroatoms. The zero-order valence-corrected chi connectivity index (χ0v) is 13.4. The number of para-hydroxylation sites is 1. The average molecular weight is 301 g/mol. The molecule has 1 N–H and O–H groups in total. The van der Waals surface area contributed by atoms with Gasteiger partial charge in [0.25, 0.3) is 5.56 Å². The number of benzene rings is 1. The van der Waals surface area contributed by atoms with Crippen molar-refractivity contribution in [3.8, 4) is 0 Å². The molecule has 0 saturated heterocycles. The van der Waals surface area contributed by atoms with Crippen molar-refractivity contribution in [2.45, 2.75) is 19.9 Å². The maximum absolute atomic E-state index is 12.3. The number of fused-ring (bicyclic) bond motifs is 1. The van der Waals surface area contributed by atoms with Crippen LogP contribution in [0.5, 0.6) is 0 Å². The zero-order valence-electron chi connectivity index (χ0n) is 13.4. The van der Waals surface area contributed by atoms with Crippen LogP contribution >= 0.6 is 0 Å². The SMILES string of the molecule is Cc1cc2ccccc2n(CCC(=O)NCCN(C)C)c1=O. The van der Waals surface area contributed by atoms with Gasteiger partial charge in [0.05, 0.1) is 5.52 Å². The zero-order chi connectivity index (χ0) is 16.1. The summed E-state index contributed by atoms with van der Waals surface area (Å²) >= 11 is 0. The van der Waals surface area contributed by atoms with Crippen molar-refractivity contribution >= 4 is 16.8 Å². The molecule has 0 spiro atoms.